The van der Waals surface area contributed by atoms with E-state index in [0.717, 1.165) is 10.6 Å². The van der Waals surface area contributed by atoms with Crippen LogP contribution >= 0.6 is 11.3 Å². The Morgan fingerprint density at radius 3 is 2.61 bits per heavy atom. The molecule has 0 aliphatic heterocycles. The van der Waals surface area contributed by atoms with Gasteiger partial charge in [0.15, 0.2) is 0 Å². The third-order valence-corrected chi connectivity index (χ3v) is 4.02. The minimum absolute atomic E-state index is 0.167. The molecule has 4 nitrogen and oxygen atoms in total. The Bertz CT molecular complexity index is 771. The van der Waals surface area contributed by atoms with Crippen LogP contribution in [0.25, 0.3) is 0 Å². The van der Waals surface area contributed by atoms with Crippen molar-refractivity contribution in [3.63, 3.8) is 0 Å². The second-order valence-electron chi connectivity index (χ2n) is 4.83. The highest BCUT2D eigenvalue weighted by atomic mass is 32.1. The zero-order valence-corrected chi connectivity index (χ0v) is 12.9. The van der Waals surface area contributed by atoms with Gasteiger partial charge in [-0.25, -0.2) is 9.37 Å². The van der Waals surface area contributed by atoms with Crippen LogP contribution in [0.3, 0.4) is 0 Å². The predicted molar refractivity (Wildman–Crippen MR) is 89.4 cm³/mol. The fourth-order valence-corrected chi connectivity index (χ4v) is 2.61. The topological polar surface area (TPSA) is 54.0 Å². The van der Waals surface area contributed by atoms with Gasteiger partial charge in [0, 0.05) is 16.8 Å². The number of carbonyl (C=O) groups excluding carboxylic acids is 1. The van der Waals surface area contributed by atoms with E-state index in [9.17, 15) is 9.18 Å². The van der Waals surface area contributed by atoms with Gasteiger partial charge in [-0.3, -0.25) is 4.79 Å². The SMILES string of the molecule is O=C(NCc1cccs1)c1ccc(Nc2ccc(F)cc2)nc1. The number of hydrogen-bond acceptors (Lipinski definition) is 4. The Morgan fingerprint density at radius 2 is 1.96 bits per heavy atom. The molecule has 1 amide bonds. The van der Waals surface area contributed by atoms with Crippen LogP contribution in [0.5, 0.6) is 0 Å². The quantitative estimate of drug-likeness (QED) is 0.746. The molecular formula is C17H14FN3OS. The van der Waals surface area contributed by atoms with Crippen LogP contribution in [0.2, 0.25) is 0 Å². The van der Waals surface area contributed by atoms with Gasteiger partial charge in [0.1, 0.15) is 11.6 Å². The number of amides is 1. The molecule has 23 heavy (non-hydrogen) atoms. The van der Waals surface area contributed by atoms with Crippen molar-refractivity contribution in [2.75, 3.05) is 5.32 Å². The van der Waals surface area contributed by atoms with Crippen molar-refractivity contribution in [1.82, 2.24) is 10.3 Å². The first-order valence-corrected chi connectivity index (χ1v) is 7.88. The average Bonchev–Trinajstić information content (AvgIpc) is 3.09. The van der Waals surface area contributed by atoms with E-state index >= 15 is 0 Å². The fraction of sp³-hybridized carbons (Fsp3) is 0.0588. The van der Waals surface area contributed by atoms with Crippen molar-refractivity contribution in [1.29, 1.82) is 0 Å². The Kier molecular flexibility index (Phi) is 4.63. The highest BCUT2D eigenvalue weighted by Gasteiger charge is 2.06. The molecule has 0 spiro atoms. The van der Waals surface area contributed by atoms with Gasteiger partial charge >= 0.3 is 0 Å². The lowest BCUT2D eigenvalue weighted by molar-refractivity contribution is 0.0951. The van der Waals surface area contributed by atoms with Gasteiger partial charge in [-0.1, -0.05) is 6.07 Å². The van der Waals surface area contributed by atoms with Crippen molar-refractivity contribution in [3.8, 4) is 0 Å². The van der Waals surface area contributed by atoms with Crippen LogP contribution in [0.4, 0.5) is 15.9 Å². The molecule has 3 rings (SSSR count). The number of aromatic nitrogens is 1. The second-order valence-corrected chi connectivity index (χ2v) is 5.86. The molecular weight excluding hydrogens is 313 g/mol. The van der Waals surface area contributed by atoms with E-state index in [-0.39, 0.29) is 11.7 Å². The van der Waals surface area contributed by atoms with E-state index in [1.54, 1.807) is 35.6 Å². The predicted octanol–water partition coefficient (Wildman–Crippen LogP) is 3.96. The lowest BCUT2D eigenvalue weighted by Crippen LogP contribution is -2.22. The van der Waals surface area contributed by atoms with Crippen LogP contribution in [0, 0.1) is 5.82 Å². The van der Waals surface area contributed by atoms with Crippen LogP contribution in [0.15, 0.2) is 60.1 Å². The molecule has 0 aliphatic rings. The lowest BCUT2D eigenvalue weighted by Gasteiger charge is -2.07. The minimum Gasteiger partial charge on any atom is -0.347 e. The second kappa shape index (κ2) is 7.02. The molecule has 0 aliphatic carbocycles. The fourth-order valence-electron chi connectivity index (χ4n) is 1.97. The number of benzene rings is 1. The summed E-state index contributed by atoms with van der Waals surface area (Å²) in [5.74, 6) is 0.131. The molecule has 6 heteroatoms. The van der Waals surface area contributed by atoms with E-state index in [2.05, 4.69) is 15.6 Å². The smallest absolute Gasteiger partial charge is 0.253 e. The summed E-state index contributed by atoms with van der Waals surface area (Å²) in [6, 6.07) is 13.3. The summed E-state index contributed by atoms with van der Waals surface area (Å²) in [6.07, 6.45) is 1.51. The van der Waals surface area contributed by atoms with Gasteiger partial charge < -0.3 is 10.6 Å². The number of nitrogens with zero attached hydrogens (tertiary/aromatic N) is 1. The number of nitrogens with one attached hydrogen (secondary N) is 2. The zero-order chi connectivity index (χ0) is 16.1. The first-order chi connectivity index (χ1) is 11.2. The van der Waals surface area contributed by atoms with E-state index in [1.165, 1.54) is 18.3 Å². The van der Waals surface area contributed by atoms with E-state index in [4.69, 9.17) is 0 Å². The molecule has 0 radical (unpaired) electrons. The van der Waals surface area contributed by atoms with Crippen molar-refractivity contribution in [3.05, 3.63) is 76.4 Å². The number of thiophene rings is 1. The Hall–Kier alpha value is -2.73. The average molecular weight is 327 g/mol. The first kappa shape index (κ1) is 15.2. The molecule has 1 aromatic carbocycles. The molecule has 116 valence electrons. The molecule has 0 unspecified atom stereocenters. The summed E-state index contributed by atoms with van der Waals surface area (Å²) >= 11 is 1.60. The molecule has 2 N–H and O–H groups in total. The minimum atomic E-state index is -0.290. The van der Waals surface area contributed by atoms with Gasteiger partial charge in [-0.2, -0.15) is 0 Å². The summed E-state index contributed by atoms with van der Waals surface area (Å²) in [5, 5.41) is 7.86. The molecule has 0 atom stereocenters. The molecule has 0 fully saturated rings. The molecule has 3 aromatic rings. The van der Waals surface area contributed by atoms with Crippen LogP contribution in [-0.2, 0) is 6.54 Å². The monoisotopic (exact) mass is 327 g/mol. The number of hydrogen-bond donors (Lipinski definition) is 2. The van der Waals surface area contributed by atoms with Crippen LogP contribution in [0.1, 0.15) is 15.2 Å². The summed E-state index contributed by atoms with van der Waals surface area (Å²) < 4.78 is 12.9. The first-order valence-electron chi connectivity index (χ1n) is 7.00. The number of pyridine rings is 1. The molecule has 0 saturated heterocycles. The van der Waals surface area contributed by atoms with E-state index in [0.29, 0.717) is 17.9 Å². The third kappa shape index (κ3) is 4.14. The largest absolute Gasteiger partial charge is 0.347 e. The van der Waals surface area contributed by atoms with E-state index in [1.807, 2.05) is 17.5 Å². The van der Waals surface area contributed by atoms with Gasteiger partial charge in [-0.05, 0) is 47.8 Å². The molecule has 0 bridgehead atoms. The van der Waals surface area contributed by atoms with Crippen molar-refractivity contribution in [2.24, 2.45) is 0 Å². The standard InChI is InChI=1S/C17H14FN3OS/c18-13-4-6-14(7-5-13)21-16-8-3-12(10-19-16)17(22)20-11-15-2-1-9-23-15/h1-10H,11H2,(H,19,21)(H,20,22). The number of rotatable bonds is 5. The van der Waals surface area contributed by atoms with Gasteiger partial charge in [0.05, 0.1) is 12.1 Å². The summed E-state index contributed by atoms with van der Waals surface area (Å²) in [7, 11) is 0. The van der Waals surface area contributed by atoms with Crippen molar-refractivity contribution in [2.45, 2.75) is 6.54 Å². The maximum atomic E-state index is 12.9. The highest BCUT2D eigenvalue weighted by Crippen LogP contribution is 2.15. The van der Waals surface area contributed by atoms with Gasteiger partial charge in [-0.15, -0.1) is 11.3 Å². The Morgan fingerprint density at radius 1 is 1.13 bits per heavy atom. The van der Waals surface area contributed by atoms with Crippen molar-refractivity contribution < 1.29 is 9.18 Å². The van der Waals surface area contributed by atoms with E-state index < -0.39 is 0 Å². The zero-order valence-electron chi connectivity index (χ0n) is 12.1. The van der Waals surface area contributed by atoms with Gasteiger partial charge in [0.25, 0.3) is 5.91 Å². The number of anilines is 2. The normalized spacial score (nSPS) is 10.3. The molecule has 0 saturated carbocycles. The van der Waals surface area contributed by atoms with Crippen molar-refractivity contribution >= 4 is 28.7 Å². The lowest BCUT2D eigenvalue weighted by atomic mass is 10.2. The molecule has 2 heterocycles. The Labute approximate surface area is 137 Å². The number of halogens is 1. The highest BCUT2D eigenvalue weighted by molar-refractivity contribution is 7.09. The molecule has 2 aromatic heterocycles. The maximum Gasteiger partial charge on any atom is 0.253 e. The van der Waals surface area contributed by atoms with Crippen LogP contribution in [-0.4, -0.2) is 10.9 Å². The Balaban J connectivity index is 1.59. The van der Waals surface area contributed by atoms with Crippen LogP contribution < -0.4 is 10.6 Å². The van der Waals surface area contributed by atoms with Gasteiger partial charge in [0.2, 0.25) is 0 Å². The summed E-state index contributed by atoms with van der Waals surface area (Å²) in [6.45, 7) is 0.506. The summed E-state index contributed by atoms with van der Waals surface area (Å²) in [4.78, 5) is 17.3. The third-order valence-electron chi connectivity index (χ3n) is 3.15. The number of carbonyl (C=O) groups is 1. The summed E-state index contributed by atoms with van der Waals surface area (Å²) in [5.41, 5.74) is 1.22. The maximum absolute atomic E-state index is 12.9.